The summed E-state index contributed by atoms with van der Waals surface area (Å²) in [6, 6.07) is 9.04. The van der Waals surface area contributed by atoms with E-state index < -0.39 is 5.82 Å². The molecule has 2 rings (SSSR count). The number of benzene rings is 2. The molecule has 0 heterocycles. The highest BCUT2D eigenvalue weighted by atomic mass is 35.5. The van der Waals surface area contributed by atoms with Crippen molar-refractivity contribution in [2.24, 2.45) is 5.73 Å². The summed E-state index contributed by atoms with van der Waals surface area (Å²) in [5, 5.41) is 0.198. The second kappa shape index (κ2) is 6.11. The molecule has 0 aliphatic heterocycles. The molecule has 0 amide bonds. The Balaban J connectivity index is 2.43. The standard InChI is InChI=1S/C15H15ClFNO2/c1-9(18)15-13(19-2)4-3-5-14(15)20-12-7-6-10(17)8-11(12)16/h3-9H,18H2,1-2H3. The smallest absolute Gasteiger partial charge is 0.146 e. The molecule has 3 nitrogen and oxygen atoms in total. The Hall–Kier alpha value is -1.78. The predicted molar refractivity (Wildman–Crippen MR) is 77.1 cm³/mol. The molecule has 0 saturated carbocycles. The maximum absolute atomic E-state index is 13.0. The zero-order valence-electron chi connectivity index (χ0n) is 11.2. The van der Waals surface area contributed by atoms with E-state index in [4.69, 9.17) is 26.8 Å². The molecule has 0 bridgehead atoms. The number of hydrogen-bond donors (Lipinski definition) is 1. The van der Waals surface area contributed by atoms with E-state index in [9.17, 15) is 4.39 Å². The van der Waals surface area contributed by atoms with Crippen molar-refractivity contribution >= 4 is 11.6 Å². The Morgan fingerprint density at radius 3 is 2.45 bits per heavy atom. The van der Waals surface area contributed by atoms with Gasteiger partial charge in [-0.3, -0.25) is 0 Å². The fourth-order valence-electron chi connectivity index (χ4n) is 1.92. The summed E-state index contributed by atoms with van der Waals surface area (Å²) in [6.07, 6.45) is 0. The van der Waals surface area contributed by atoms with Crippen LogP contribution < -0.4 is 15.2 Å². The molecule has 2 aromatic rings. The summed E-state index contributed by atoms with van der Waals surface area (Å²) in [7, 11) is 1.57. The van der Waals surface area contributed by atoms with Crippen LogP contribution in [0.5, 0.6) is 17.2 Å². The van der Waals surface area contributed by atoms with Gasteiger partial charge in [0, 0.05) is 6.04 Å². The van der Waals surface area contributed by atoms with Crippen molar-refractivity contribution in [2.75, 3.05) is 7.11 Å². The second-order valence-corrected chi connectivity index (χ2v) is 4.74. The highest BCUT2D eigenvalue weighted by Crippen LogP contribution is 2.37. The molecule has 0 aliphatic carbocycles. The Morgan fingerprint density at radius 1 is 1.15 bits per heavy atom. The first-order valence-corrected chi connectivity index (χ1v) is 6.46. The fraction of sp³-hybridized carbons (Fsp3) is 0.200. The Bertz CT molecular complexity index is 617. The normalized spacial score (nSPS) is 12.1. The summed E-state index contributed by atoms with van der Waals surface area (Å²) in [5.74, 6) is 1.12. The SMILES string of the molecule is COc1cccc(Oc2ccc(F)cc2Cl)c1C(C)N. The zero-order chi connectivity index (χ0) is 14.7. The van der Waals surface area contributed by atoms with E-state index >= 15 is 0 Å². The van der Waals surface area contributed by atoms with Crippen LogP contribution in [0.4, 0.5) is 4.39 Å². The third kappa shape index (κ3) is 3.03. The zero-order valence-corrected chi connectivity index (χ0v) is 11.9. The molecule has 2 N–H and O–H groups in total. The average molecular weight is 296 g/mol. The lowest BCUT2D eigenvalue weighted by Gasteiger charge is -2.17. The molecule has 0 aromatic heterocycles. The molecule has 20 heavy (non-hydrogen) atoms. The number of hydrogen-bond acceptors (Lipinski definition) is 3. The lowest BCUT2D eigenvalue weighted by atomic mass is 10.1. The molecule has 0 spiro atoms. The molecule has 0 saturated heterocycles. The summed E-state index contributed by atoms with van der Waals surface area (Å²) in [5.41, 5.74) is 6.69. The number of nitrogens with two attached hydrogens (primary N) is 1. The van der Waals surface area contributed by atoms with Crippen LogP contribution in [0, 0.1) is 5.82 Å². The van der Waals surface area contributed by atoms with E-state index in [0.717, 1.165) is 5.56 Å². The Morgan fingerprint density at radius 2 is 1.85 bits per heavy atom. The minimum Gasteiger partial charge on any atom is -0.496 e. The lowest BCUT2D eigenvalue weighted by Crippen LogP contribution is -2.08. The average Bonchev–Trinajstić information content (AvgIpc) is 2.41. The highest BCUT2D eigenvalue weighted by molar-refractivity contribution is 6.32. The first-order chi connectivity index (χ1) is 9.52. The topological polar surface area (TPSA) is 44.5 Å². The van der Waals surface area contributed by atoms with Crippen molar-refractivity contribution in [1.29, 1.82) is 0 Å². The summed E-state index contributed by atoms with van der Waals surface area (Å²) in [4.78, 5) is 0. The van der Waals surface area contributed by atoms with E-state index in [1.54, 1.807) is 25.3 Å². The van der Waals surface area contributed by atoms with E-state index in [1.165, 1.54) is 18.2 Å². The van der Waals surface area contributed by atoms with Crippen LogP contribution in [0.25, 0.3) is 0 Å². The van der Waals surface area contributed by atoms with Crippen molar-refractivity contribution < 1.29 is 13.9 Å². The molecule has 0 radical (unpaired) electrons. The van der Waals surface area contributed by atoms with Crippen LogP contribution in [0.2, 0.25) is 5.02 Å². The molecule has 5 heteroatoms. The van der Waals surface area contributed by atoms with E-state index in [2.05, 4.69) is 0 Å². The monoisotopic (exact) mass is 295 g/mol. The van der Waals surface area contributed by atoms with Crippen molar-refractivity contribution in [3.8, 4) is 17.2 Å². The third-order valence-electron chi connectivity index (χ3n) is 2.82. The van der Waals surface area contributed by atoms with Gasteiger partial charge in [-0.2, -0.15) is 0 Å². The number of halogens is 2. The summed E-state index contributed by atoms with van der Waals surface area (Å²) < 4.78 is 24.1. The van der Waals surface area contributed by atoms with Crippen LogP contribution >= 0.6 is 11.6 Å². The largest absolute Gasteiger partial charge is 0.496 e. The van der Waals surface area contributed by atoms with Gasteiger partial charge >= 0.3 is 0 Å². The Labute approximate surface area is 122 Å². The van der Waals surface area contributed by atoms with Gasteiger partial charge in [0.25, 0.3) is 0 Å². The van der Waals surface area contributed by atoms with Gasteiger partial charge in [-0.05, 0) is 37.3 Å². The van der Waals surface area contributed by atoms with Crippen molar-refractivity contribution in [3.63, 3.8) is 0 Å². The molecular formula is C15H15ClFNO2. The summed E-state index contributed by atoms with van der Waals surface area (Å²) in [6.45, 7) is 1.83. The predicted octanol–water partition coefficient (Wildman–Crippen LogP) is 4.30. The minimum atomic E-state index is -0.416. The molecule has 106 valence electrons. The quantitative estimate of drug-likeness (QED) is 0.914. The molecule has 1 unspecified atom stereocenters. The number of rotatable bonds is 4. The third-order valence-corrected chi connectivity index (χ3v) is 3.11. The van der Waals surface area contributed by atoms with Gasteiger partial charge in [0.15, 0.2) is 0 Å². The van der Waals surface area contributed by atoms with E-state index in [1.807, 2.05) is 6.92 Å². The molecular weight excluding hydrogens is 281 g/mol. The molecule has 2 aromatic carbocycles. The minimum absolute atomic E-state index is 0.198. The molecule has 1 atom stereocenters. The molecule has 0 aliphatic rings. The van der Waals surface area contributed by atoms with Gasteiger partial charge in [-0.1, -0.05) is 17.7 Å². The maximum atomic E-state index is 13.0. The van der Waals surface area contributed by atoms with Gasteiger partial charge in [0.2, 0.25) is 0 Å². The van der Waals surface area contributed by atoms with E-state index in [0.29, 0.717) is 17.2 Å². The first-order valence-electron chi connectivity index (χ1n) is 6.08. The van der Waals surface area contributed by atoms with Crippen LogP contribution in [0.3, 0.4) is 0 Å². The Kier molecular flexibility index (Phi) is 4.47. The van der Waals surface area contributed by atoms with Gasteiger partial charge in [0.05, 0.1) is 17.7 Å². The van der Waals surface area contributed by atoms with Gasteiger partial charge in [-0.15, -0.1) is 0 Å². The molecule has 0 fully saturated rings. The number of ether oxygens (including phenoxy) is 2. The van der Waals surface area contributed by atoms with Crippen molar-refractivity contribution in [2.45, 2.75) is 13.0 Å². The summed E-state index contributed by atoms with van der Waals surface area (Å²) >= 11 is 5.96. The van der Waals surface area contributed by atoms with Crippen molar-refractivity contribution in [1.82, 2.24) is 0 Å². The first kappa shape index (κ1) is 14.6. The van der Waals surface area contributed by atoms with Crippen LogP contribution in [-0.4, -0.2) is 7.11 Å². The maximum Gasteiger partial charge on any atom is 0.146 e. The van der Waals surface area contributed by atoms with Crippen molar-refractivity contribution in [3.05, 3.63) is 52.8 Å². The fourth-order valence-corrected chi connectivity index (χ4v) is 2.12. The van der Waals surface area contributed by atoms with Crippen LogP contribution in [0.15, 0.2) is 36.4 Å². The van der Waals surface area contributed by atoms with E-state index in [-0.39, 0.29) is 11.1 Å². The number of methoxy groups -OCH3 is 1. The second-order valence-electron chi connectivity index (χ2n) is 4.34. The van der Waals surface area contributed by atoms with Gasteiger partial charge < -0.3 is 15.2 Å². The lowest BCUT2D eigenvalue weighted by molar-refractivity contribution is 0.397. The highest BCUT2D eigenvalue weighted by Gasteiger charge is 2.16. The van der Waals surface area contributed by atoms with Crippen LogP contribution in [-0.2, 0) is 0 Å². The van der Waals surface area contributed by atoms with Gasteiger partial charge in [-0.25, -0.2) is 4.39 Å². The van der Waals surface area contributed by atoms with Gasteiger partial charge in [0.1, 0.15) is 23.1 Å². The van der Waals surface area contributed by atoms with Crippen LogP contribution in [0.1, 0.15) is 18.5 Å².